The van der Waals surface area contributed by atoms with Crippen LogP contribution in [0.15, 0.2) is 53.9 Å². The predicted octanol–water partition coefficient (Wildman–Crippen LogP) is 4.76. The van der Waals surface area contributed by atoms with E-state index in [2.05, 4.69) is 39.3 Å². The highest BCUT2D eigenvalue weighted by molar-refractivity contribution is 7.13. The van der Waals surface area contributed by atoms with Gasteiger partial charge in [0, 0.05) is 43.7 Å². The summed E-state index contributed by atoms with van der Waals surface area (Å²) < 4.78 is 39.4. The highest BCUT2D eigenvalue weighted by atomic mass is 32.1. The van der Waals surface area contributed by atoms with Crippen LogP contribution in [0.4, 0.5) is 18.9 Å². The third-order valence-corrected chi connectivity index (χ3v) is 6.52. The van der Waals surface area contributed by atoms with Crippen LogP contribution in [-0.4, -0.2) is 53.9 Å². The third kappa shape index (κ3) is 6.19. The molecule has 0 spiro atoms. The fraction of sp³-hybridized carbons (Fsp3) is 0.333. The fourth-order valence-corrected chi connectivity index (χ4v) is 4.60. The van der Waals surface area contributed by atoms with E-state index in [0.29, 0.717) is 5.69 Å². The number of thiazole rings is 1. The Labute approximate surface area is 194 Å². The number of halogens is 3. The maximum atomic E-state index is 13.1. The molecule has 2 aromatic carbocycles. The Balaban J connectivity index is 1.40. The van der Waals surface area contributed by atoms with Crippen LogP contribution < -0.4 is 5.32 Å². The molecule has 1 saturated heterocycles. The maximum absolute atomic E-state index is 13.1. The number of piperazine rings is 1. The number of likely N-dealkylation sites (N-methyl/N-ethyl adjacent to an activating group) is 1. The molecule has 1 aromatic heterocycles. The van der Waals surface area contributed by atoms with Gasteiger partial charge in [0.1, 0.15) is 5.01 Å². The van der Waals surface area contributed by atoms with E-state index in [9.17, 15) is 18.0 Å². The van der Waals surface area contributed by atoms with Gasteiger partial charge in [-0.05, 0) is 30.8 Å². The number of carbonyl (C=O) groups excluding carboxylic acids is 1. The molecular formula is C24H25F3N4OS. The molecule has 1 amide bonds. The number of benzene rings is 2. The fourth-order valence-electron chi connectivity index (χ4n) is 3.79. The quantitative estimate of drug-likeness (QED) is 0.560. The second-order valence-electron chi connectivity index (χ2n) is 8.19. The summed E-state index contributed by atoms with van der Waals surface area (Å²) in [4.78, 5) is 21.7. The molecule has 0 saturated carbocycles. The average molecular weight is 475 g/mol. The zero-order chi connectivity index (χ0) is 23.4. The van der Waals surface area contributed by atoms with Gasteiger partial charge in [0.2, 0.25) is 5.91 Å². The Hall–Kier alpha value is -2.75. The molecule has 1 aliphatic heterocycles. The maximum Gasteiger partial charge on any atom is 0.418 e. The Morgan fingerprint density at radius 1 is 1.09 bits per heavy atom. The van der Waals surface area contributed by atoms with Crippen LogP contribution in [0.5, 0.6) is 0 Å². The van der Waals surface area contributed by atoms with E-state index < -0.39 is 17.6 Å². The van der Waals surface area contributed by atoms with Crippen LogP contribution in [0.2, 0.25) is 0 Å². The van der Waals surface area contributed by atoms with Gasteiger partial charge in [0.25, 0.3) is 0 Å². The summed E-state index contributed by atoms with van der Waals surface area (Å²) >= 11 is 1.42. The molecule has 2 heterocycles. The molecule has 3 aromatic rings. The standard InChI is InChI=1S/C24H25F3N4OS/c1-30-9-11-31(12-10-30)15-17-5-4-6-18(13-17)23-28-19(16-33-23)14-22(32)29-21-8-3-2-7-20(21)24(25,26)27/h2-8,13,16H,9-12,14-15H2,1H3,(H,29,32). The van der Waals surface area contributed by atoms with Crippen LogP contribution in [0.3, 0.4) is 0 Å². The smallest absolute Gasteiger partial charge is 0.325 e. The zero-order valence-electron chi connectivity index (χ0n) is 18.2. The normalized spacial score (nSPS) is 15.5. The van der Waals surface area contributed by atoms with Crippen molar-refractivity contribution in [3.63, 3.8) is 0 Å². The van der Waals surface area contributed by atoms with Crippen molar-refractivity contribution in [1.29, 1.82) is 0 Å². The number of para-hydroxylation sites is 1. The molecule has 0 atom stereocenters. The van der Waals surface area contributed by atoms with E-state index in [1.165, 1.54) is 35.1 Å². The van der Waals surface area contributed by atoms with E-state index >= 15 is 0 Å². The molecule has 0 unspecified atom stereocenters. The predicted molar refractivity (Wildman–Crippen MR) is 124 cm³/mol. The van der Waals surface area contributed by atoms with Gasteiger partial charge in [-0.2, -0.15) is 13.2 Å². The first-order valence-electron chi connectivity index (χ1n) is 10.7. The lowest BCUT2D eigenvalue weighted by Crippen LogP contribution is -2.43. The lowest BCUT2D eigenvalue weighted by molar-refractivity contribution is -0.137. The van der Waals surface area contributed by atoms with Gasteiger partial charge >= 0.3 is 6.18 Å². The van der Waals surface area contributed by atoms with Crippen LogP contribution >= 0.6 is 11.3 Å². The minimum absolute atomic E-state index is 0.0936. The van der Waals surface area contributed by atoms with Crippen LogP contribution in [0.25, 0.3) is 10.6 Å². The molecule has 1 N–H and O–H groups in total. The molecule has 0 radical (unpaired) electrons. The second-order valence-corrected chi connectivity index (χ2v) is 9.05. The van der Waals surface area contributed by atoms with Crippen molar-refractivity contribution in [3.05, 3.63) is 70.7 Å². The topological polar surface area (TPSA) is 48.5 Å². The van der Waals surface area contributed by atoms with E-state index in [1.54, 1.807) is 5.38 Å². The van der Waals surface area contributed by atoms with Gasteiger partial charge in [0.05, 0.1) is 23.4 Å². The molecule has 1 fully saturated rings. The third-order valence-electron chi connectivity index (χ3n) is 5.58. The first kappa shape index (κ1) is 23.4. The molecule has 9 heteroatoms. The van der Waals surface area contributed by atoms with Gasteiger partial charge in [0.15, 0.2) is 0 Å². The number of nitrogens with one attached hydrogen (secondary N) is 1. The molecular weight excluding hydrogens is 449 g/mol. The van der Waals surface area contributed by atoms with Gasteiger partial charge in [-0.3, -0.25) is 9.69 Å². The Morgan fingerprint density at radius 2 is 1.85 bits per heavy atom. The van der Waals surface area contributed by atoms with Crippen LogP contribution in [0.1, 0.15) is 16.8 Å². The summed E-state index contributed by atoms with van der Waals surface area (Å²) in [5.41, 5.74) is 1.59. The molecule has 5 nitrogen and oxygen atoms in total. The number of aromatic nitrogens is 1. The lowest BCUT2D eigenvalue weighted by atomic mass is 10.1. The highest BCUT2D eigenvalue weighted by Gasteiger charge is 2.33. The zero-order valence-corrected chi connectivity index (χ0v) is 19.0. The van der Waals surface area contributed by atoms with Crippen molar-refractivity contribution >= 4 is 22.9 Å². The largest absolute Gasteiger partial charge is 0.418 e. The molecule has 0 aliphatic carbocycles. The molecule has 1 aliphatic rings. The monoisotopic (exact) mass is 474 g/mol. The van der Waals surface area contributed by atoms with Crippen molar-refractivity contribution < 1.29 is 18.0 Å². The SMILES string of the molecule is CN1CCN(Cc2cccc(-c3nc(CC(=O)Nc4ccccc4C(F)(F)F)cs3)c2)CC1. The van der Waals surface area contributed by atoms with Crippen molar-refractivity contribution in [2.45, 2.75) is 19.1 Å². The number of carbonyl (C=O) groups is 1. The van der Waals surface area contributed by atoms with Gasteiger partial charge in [-0.1, -0.05) is 30.3 Å². The summed E-state index contributed by atoms with van der Waals surface area (Å²) in [7, 11) is 2.13. The number of hydrogen-bond acceptors (Lipinski definition) is 5. The van der Waals surface area contributed by atoms with Crippen LogP contribution in [-0.2, 0) is 23.9 Å². The van der Waals surface area contributed by atoms with E-state index in [0.717, 1.165) is 49.4 Å². The molecule has 0 bridgehead atoms. The van der Waals surface area contributed by atoms with Crippen LogP contribution in [0, 0.1) is 0 Å². The summed E-state index contributed by atoms with van der Waals surface area (Å²) in [6, 6.07) is 13.1. The first-order chi connectivity index (χ1) is 15.8. The van der Waals surface area contributed by atoms with Gasteiger partial charge < -0.3 is 10.2 Å². The lowest BCUT2D eigenvalue weighted by Gasteiger charge is -2.32. The summed E-state index contributed by atoms with van der Waals surface area (Å²) in [6.45, 7) is 5.07. The van der Waals surface area contributed by atoms with E-state index in [4.69, 9.17) is 0 Å². The summed E-state index contributed by atoms with van der Waals surface area (Å²) in [5, 5.41) is 4.93. The second kappa shape index (κ2) is 10.0. The highest BCUT2D eigenvalue weighted by Crippen LogP contribution is 2.34. The number of nitrogens with zero attached hydrogens (tertiary/aromatic N) is 3. The van der Waals surface area contributed by atoms with Crippen molar-refractivity contribution in [1.82, 2.24) is 14.8 Å². The minimum atomic E-state index is -4.53. The van der Waals surface area contributed by atoms with E-state index in [1.807, 2.05) is 12.1 Å². The number of rotatable bonds is 6. The number of anilines is 1. The van der Waals surface area contributed by atoms with Crippen molar-refractivity contribution in [2.75, 3.05) is 38.5 Å². The summed E-state index contributed by atoms with van der Waals surface area (Å²) in [5.74, 6) is -0.535. The first-order valence-corrected chi connectivity index (χ1v) is 11.6. The molecule has 4 rings (SSSR count). The van der Waals surface area contributed by atoms with E-state index in [-0.39, 0.29) is 12.1 Å². The minimum Gasteiger partial charge on any atom is -0.325 e. The molecule has 33 heavy (non-hydrogen) atoms. The van der Waals surface area contributed by atoms with Crippen molar-refractivity contribution in [2.24, 2.45) is 0 Å². The molecule has 174 valence electrons. The average Bonchev–Trinajstić information content (AvgIpc) is 3.23. The Morgan fingerprint density at radius 3 is 2.61 bits per heavy atom. The Bertz CT molecular complexity index is 1110. The van der Waals surface area contributed by atoms with Gasteiger partial charge in [-0.15, -0.1) is 11.3 Å². The number of alkyl halides is 3. The number of hydrogen-bond donors (Lipinski definition) is 1. The number of amides is 1. The summed E-state index contributed by atoms with van der Waals surface area (Å²) in [6.07, 6.45) is -4.63. The van der Waals surface area contributed by atoms with Crippen molar-refractivity contribution in [3.8, 4) is 10.6 Å². The Kier molecular flexibility index (Phi) is 7.11. The van der Waals surface area contributed by atoms with Gasteiger partial charge in [-0.25, -0.2) is 4.98 Å².